The molecule has 0 atom stereocenters. The molecule has 0 spiro atoms. The second-order valence-electron chi connectivity index (χ2n) is 4.45. The molecule has 1 N–H and O–H groups in total. The molecular formula is C14H17FN2O2. The van der Waals surface area contributed by atoms with E-state index >= 15 is 0 Å². The maximum absolute atomic E-state index is 13.9. The Morgan fingerprint density at radius 2 is 2.16 bits per heavy atom. The fraction of sp³-hybridized carbons (Fsp3) is 0.357. The van der Waals surface area contributed by atoms with E-state index in [1.807, 2.05) is 6.92 Å². The smallest absolute Gasteiger partial charge is 0.251 e. The minimum Gasteiger partial charge on any atom is -0.487 e. The summed E-state index contributed by atoms with van der Waals surface area (Å²) in [5, 5.41) is 3.75. The van der Waals surface area contributed by atoms with Gasteiger partial charge in [0.05, 0.1) is 5.52 Å². The van der Waals surface area contributed by atoms with E-state index in [1.54, 1.807) is 20.2 Å². The zero-order valence-corrected chi connectivity index (χ0v) is 11.3. The van der Waals surface area contributed by atoms with Crippen molar-refractivity contribution in [2.75, 3.05) is 20.2 Å². The van der Waals surface area contributed by atoms with Crippen LogP contribution in [0.5, 0.6) is 5.75 Å². The molecule has 0 aliphatic carbocycles. The standard InChI is InChI=1S/C14H17FN2O2/c1-9-8-12(18)17(3)13-10(9)4-5-11(15)14(13)19-7-6-16-2/h4-5,8,16H,6-7H2,1-3H3. The van der Waals surface area contributed by atoms with E-state index in [0.717, 1.165) is 10.9 Å². The Hall–Kier alpha value is -1.88. The number of likely N-dealkylation sites (N-methyl/N-ethyl adjacent to an activating group) is 1. The lowest BCUT2D eigenvalue weighted by Crippen LogP contribution is -2.20. The third kappa shape index (κ3) is 2.46. The van der Waals surface area contributed by atoms with Crippen molar-refractivity contribution in [2.45, 2.75) is 6.92 Å². The monoisotopic (exact) mass is 264 g/mol. The first-order valence-electron chi connectivity index (χ1n) is 6.12. The van der Waals surface area contributed by atoms with E-state index in [-0.39, 0.29) is 11.3 Å². The van der Waals surface area contributed by atoms with Gasteiger partial charge in [-0.3, -0.25) is 4.79 Å². The van der Waals surface area contributed by atoms with Crippen molar-refractivity contribution in [2.24, 2.45) is 7.05 Å². The van der Waals surface area contributed by atoms with Crippen LogP contribution in [-0.4, -0.2) is 24.8 Å². The molecule has 1 aromatic carbocycles. The zero-order chi connectivity index (χ0) is 14.0. The summed E-state index contributed by atoms with van der Waals surface area (Å²) in [5.74, 6) is -0.319. The molecule has 1 aromatic heterocycles. The number of benzene rings is 1. The number of hydrogen-bond donors (Lipinski definition) is 1. The van der Waals surface area contributed by atoms with Gasteiger partial charge in [-0.25, -0.2) is 4.39 Å². The molecule has 4 nitrogen and oxygen atoms in total. The van der Waals surface area contributed by atoms with Gasteiger partial charge >= 0.3 is 0 Å². The number of aryl methyl sites for hydroxylation is 2. The fourth-order valence-corrected chi connectivity index (χ4v) is 2.06. The van der Waals surface area contributed by atoms with Crippen molar-refractivity contribution < 1.29 is 9.13 Å². The Balaban J connectivity index is 2.66. The first kappa shape index (κ1) is 13.5. The largest absolute Gasteiger partial charge is 0.487 e. The summed E-state index contributed by atoms with van der Waals surface area (Å²) < 4.78 is 20.8. The highest BCUT2D eigenvalue weighted by atomic mass is 19.1. The average Bonchev–Trinajstić information content (AvgIpc) is 2.38. The number of ether oxygens (including phenoxy) is 1. The van der Waals surface area contributed by atoms with Gasteiger partial charge in [-0.05, 0) is 31.7 Å². The molecule has 0 fully saturated rings. The number of nitrogens with one attached hydrogen (secondary N) is 1. The van der Waals surface area contributed by atoms with Gasteiger partial charge in [-0.15, -0.1) is 0 Å². The first-order valence-corrected chi connectivity index (χ1v) is 6.12. The minimum absolute atomic E-state index is 0.135. The number of pyridine rings is 1. The molecule has 102 valence electrons. The number of aromatic nitrogens is 1. The van der Waals surface area contributed by atoms with Gasteiger partial charge in [0, 0.05) is 25.0 Å². The van der Waals surface area contributed by atoms with Crippen LogP contribution in [0.25, 0.3) is 10.9 Å². The van der Waals surface area contributed by atoms with Crippen molar-refractivity contribution in [3.8, 4) is 5.75 Å². The van der Waals surface area contributed by atoms with E-state index in [0.29, 0.717) is 18.7 Å². The summed E-state index contributed by atoms with van der Waals surface area (Å²) in [6.07, 6.45) is 0. The van der Waals surface area contributed by atoms with E-state index in [9.17, 15) is 9.18 Å². The normalized spacial score (nSPS) is 10.9. The Labute approximate surface area is 110 Å². The summed E-state index contributed by atoms with van der Waals surface area (Å²) in [5.41, 5.74) is 1.15. The van der Waals surface area contributed by atoms with Gasteiger partial charge in [0.25, 0.3) is 5.56 Å². The van der Waals surface area contributed by atoms with Gasteiger partial charge in [-0.1, -0.05) is 0 Å². The molecule has 0 saturated carbocycles. The predicted octanol–water partition coefficient (Wildman–Crippen LogP) is 1.58. The number of rotatable bonds is 4. The zero-order valence-electron chi connectivity index (χ0n) is 11.3. The highest BCUT2D eigenvalue weighted by molar-refractivity contribution is 5.87. The predicted molar refractivity (Wildman–Crippen MR) is 73.3 cm³/mol. The molecule has 0 unspecified atom stereocenters. The van der Waals surface area contributed by atoms with E-state index in [1.165, 1.54) is 16.7 Å². The molecule has 0 radical (unpaired) electrons. The van der Waals surface area contributed by atoms with Crippen LogP contribution in [0.3, 0.4) is 0 Å². The lowest BCUT2D eigenvalue weighted by Gasteiger charge is -2.14. The second-order valence-corrected chi connectivity index (χ2v) is 4.45. The molecule has 1 heterocycles. The van der Waals surface area contributed by atoms with Gasteiger partial charge in [0.15, 0.2) is 11.6 Å². The summed E-state index contributed by atoms with van der Waals surface area (Å²) in [7, 11) is 3.41. The van der Waals surface area contributed by atoms with Crippen LogP contribution in [0, 0.1) is 12.7 Å². The first-order chi connectivity index (χ1) is 9.06. The molecule has 0 saturated heterocycles. The molecule has 5 heteroatoms. The third-order valence-corrected chi connectivity index (χ3v) is 3.11. The quantitative estimate of drug-likeness (QED) is 0.853. The SMILES string of the molecule is CNCCOc1c(F)ccc2c(C)cc(=O)n(C)c12. The van der Waals surface area contributed by atoms with Crippen LogP contribution in [0.1, 0.15) is 5.56 Å². The highest BCUT2D eigenvalue weighted by Gasteiger charge is 2.14. The minimum atomic E-state index is -0.454. The van der Waals surface area contributed by atoms with Crippen molar-refractivity contribution in [3.05, 3.63) is 39.9 Å². The Morgan fingerprint density at radius 1 is 1.42 bits per heavy atom. The molecular weight excluding hydrogens is 247 g/mol. The summed E-state index contributed by atoms with van der Waals surface area (Å²) in [6.45, 7) is 2.78. The number of fused-ring (bicyclic) bond motifs is 1. The molecule has 2 aromatic rings. The lowest BCUT2D eigenvalue weighted by atomic mass is 10.1. The lowest BCUT2D eigenvalue weighted by molar-refractivity contribution is 0.305. The third-order valence-electron chi connectivity index (χ3n) is 3.11. The Bertz CT molecular complexity index is 665. The molecule has 19 heavy (non-hydrogen) atoms. The van der Waals surface area contributed by atoms with Crippen LogP contribution in [-0.2, 0) is 7.05 Å². The Morgan fingerprint density at radius 3 is 2.84 bits per heavy atom. The van der Waals surface area contributed by atoms with Crippen LogP contribution in [0.2, 0.25) is 0 Å². The Kier molecular flexibility index (Phi) is 3.85. The van der Waals surface area contributed by atoms with Gasteiger partial charge in [-0.2, -0.15) is 0 Å². The van der Waals surface area contributed by atoms with Gasteiger partial charge in [0.2, 0.25) is 0 Å². The van der Waals surface area contributed by atoms with Crippen LogP contribution < -0.4 is 15.6 Å². The van der Waals surface area contributed by atoms with Crippen molar-refractivity contribution >= 4 is 10.9 Å². The highest BCUT2D eigenvalue weighted by Crippen LogP contribution is 2.29. The average molecular weight is 264 g/mol. The van der Waals surface area contributed by atoms with Gasteiger partial charge < -0.3 is 14.6 Å². The van der Waals surface area contributed by atoms with Crippen molar-refractivity contribution in [1.29, 1.82) is 0 Å². The van der Waals surface area contributed by atoms with Crippen molar-refractivity contribution in [1.82, 2.24) is 9.88 Å². The van der Waals surface area contributed by atoms with E-state index in [2.05, 4.69) is 5.32 Å². The number of halogens is 1. The fourth-order valence-electron chi connectivity index (χ4n) is 2.06. The van der Waals surface area contributed by atoms with Crippen LogP contribution in [0.4, 0.5) is 4.39 Å². The maximum atomic E-state index is 13.9. The topological polar surface area (TPSA) is 43.3 Å². The molecule has 2 rings (SSSR count). The summed E-state index contributed by atoms with van der Waals surface area (Å²) in [6, 6.07) is 4.58. The number of nitrogens with zero attached hydrogens (tertiary/aromatic N) is 1. The van der Waals surface area contributed by atoms with E-state index in [4.69, 9.17) is 4.74 Å². The second kappa shape index (κ2) is 5.40. The van der Waals surface area contributed by atoms with Crippen molar-refractivity contribution in [3.63, 3.8) is 0 Å². The summed E-state index contributed by atoms with van der Waals surface area (Å²) in [4.78, 5) is 11.8. The van der Waals surface area contributed by atoms with Crippen LogP contribution >= 0.6 is 0 Å². The van der Waals surface area contributed by atoms with Gasteiger partial charge in [0.1, 0.15) is 6.61 Å². The van der Waals surface area contributed by atoms with Crippen LogP contribution in [0.15, 0.2) is 23.0 Å². The molecule has 0 aliphatic heterocycles. The molecule has 0 bridgehead atoms. The summed E-state index contributed by atoms with van der Waals surface area (Å²) >= 11 is 0. The maximum Gasteiger partial charge on any atom is 0.251 e. The molecule has 0 aliphatic rings. The van der Waals surface area contributed by atoms with E-state index < -0.39 is 5.82 Å². The number of hydrogen-bond acceptors (Lipinski definition) is 3. The molecule has 0 amide bonds.